The molecule has 0 spiro atoms. The summed E-state index contributed by atoms with van der Waals surface area (Å²) in [6.07, 6.45) is 5.19. The minimum absolute atomic E-state index is 0.119. The molecule has 1 aliphatic heterocycles. The van der Waals surface area contributed by atoms with E-state index in [0.29, 0.717) is 17.8 Å². The highest BCUT2D eigenvalue weighted by molar-refractivity contribution is 5.97. The van der Waals surface area contributed by atoms with Crippen molar-refractivity contribution in [3.8, 4) is 5.75 Å². The van der Waals surface area contributed by atoms with Crippen LogP contribution in [0.25, 0.3) is 11.1 Å². The van der Waals surface area contributed by atoms with Crippen LogP contribution in [0, 0.1) is 0 Å². The van der Waals surface area contributed by atoms with Crippen molar-refractivity contribution in [3.63, 3.8) is 0 Å². The molecule has 1 aliphatic rings. The summed E-state index contributed by atoms with van der Waals surface area (Å²) in [5, 5.41) is 8.02. The summed E-state index contributed by atoms with van der Waals surface area (Å²) < 4.78 is 10.6. The highest BCUT2D eigenvalue weighted by Gasteiger charge is 2.24. The number of nitrogens with one attached hydrogen (secondary N) is 1. The van der Waals surface area contributed by atoms with Gasteiger partial charge in [0, 0.05) is 12.7 Å². The summed E-state index contributed by atoms with van der Waals surface area (Å²) in [7, 11) is 1.67. The third-order valence-corrected chi connectivity index (χ3v) is 5.95. The molecule has 2 aromatic heterocycles. The summed E-state index contributed by atoms with van der Waals surface area (Å²) >= 11 is 0. The predicted molar refractivity (Wildman–Crippen MR) is 119 cm³/mol. The van der Waals surface area contributed by atoms with Crippen molar-refractivity contribution in [2.24, 2.45) is 0 Å². The maximum atomic E-state index is 13.0. The Morgan fingerprint density at radius 3 is 2.61 bits per heavy atom. The molecule has 1 N–H and O–H groups in total. The second kappa shape index (κ2) is 9.47. The molecular weight excluding hydrogens is 392 g/mol. The second-order valence-electron chi connectivity index (χ2n) is 8.39. The van der Waals surface area contributed by atoms with E-state index in [1.807, 2.05) is 32.0 Å². The summed E-state index contributed by atoms with van der Waals surface area (Å²) in [5.41, 5.74) is 2.98. The average Bonchev–Trinajstić information content (AvgIpc) is 3.24. The van der Waals surface area contributed by atoms with E-state index < -0.39 is 0 Å². The molecule has 31 heavy (non-hydrogen) atoms. The zero-order valence-electron chi connectivity index (χ0n) is 18.4. The van der Waals surface area contributed by atoms with Crippen LogP contribution in [0.4, 0.5) is 0 Å². The maximum absolute atomic E-state index is 13.0. The second-order valence-corrected chi connectivity index (χ2v) is 8.39. The van der Waals surface area contributed by atoms with E-state index in [2.05, 4.69) is 32.5 Å². The monoisotopic (exact) mass is 422 g/mol. The number of hydrogen-bond donors (Lipinski definition) is 1. The van der Waals surface area contributed by atoms with Gasteiger partial charge in [-0.15, -0.1) is 0 Å². The number of methoxy groups -OCH3 is 1. The van der Waals surface area contributed by atoms with Crippen molar-refractivity contribution in [2.45, 2.75) is 45.1 Å². The number of benzene rings is 1. The molecule has 7 nitrogen and oxygen atoms in total. The van der Waals surface area contributed by atoms with Crippen LogP contribution in [0.5, 0.6) is 5.75 Å². The van der Waals surface area contributed by atoms with Crippen molar-refractivity contribution in [2.75, 3.05) is 26.7 Å². The van der Waals surface area contributed by atoms with Gasteiger partial charge in [-0.2, -0.15) is 0 Å². The number of likely N-dealkylation sites (tertiary alicyclic amines) is 1. The van der Waals surface area contributed by atoms with E-state index in [4.69, 9.17) is 9.26 Å². The Morgan fingerprint density at radius 2 is 1.94 bits per heavy atom. The molecule has 7 heteroatoms. The van der Waals surface area contributed by atoms with E-state index in [1.165, 1.54) is 24.8 Å². The fraction of sp³-hybridized carbons (Fsp3) is 0.458. The smallest absolute Gasteiger partial charge is 0.257 e. The highest BCUT2D eigenvalue weighted by Crippen LogP contribution is 2.27. The molecule has 3 aromatic rings. The van der Waals surface area contributed by atoms with Crippen molar-refractivity contribution >= 4 is 17.0 Å². The van der Waals surface area contributed by atoms with Crippen LogP contribution in [-0.2, 0) is 0 Å². The van der Waals surface area contributed by atoms with Crippen molar-refractivity contribution in [1.82, 2.24) is 20.4 Å². The number of nitrogens with zero attached hydrogens (tertiary/aromatic N) is 3. The fourth-order valence-corrected chi connectivity index (χ4v) is 4.20. The lowest BCUT2D eigenvalue weighted by Gasteiger charge is -2.35. The molecule has 1 atom stereocenters. The van der Waals surface area contributed by atoms with Gasteiger partial charge in [0.2, 0.25) is 0 Å². The zero-order chi connectivity index (χ0) is 21.8. The lowest BCUT2D eigenvalue weighted by Crippen LogP contribution is -2.40. The first kappa shape index (κ1) is 21.3. The van der Waals surface area contributed by atoms with Crippen LogP contribution in [-0.4, -0.2) is 47.7 Å². The van der Waals surface area contributed by atoms with Crippen LogP contribution >= 0.6 is 0 Å². The normalized spacial score (nSPS) is 15.9. The predicted octanol–water partition coefficient (Wildman–Crippen LogP) is 4.31. The van der Waals surface area contributed by atoms with Crippen LogP contribution < -0.4 is 10.1 Å². The van der Waals surface area contributed by atoms with Gasteiger partial charge in [0.05, 0.1) is 29.8 Å². The quantitative estimate of drug-likeness (QED) is 0.611. The molecule has 1 saturated heterocycles. The van der Waals surface area contributed by atoms with E-state index >= 15 is 0 Å². The van der Waals surface area contributed by atoms with Gasteiger partial charge in [-0.3, -0.25) is 9.69 Å². The Morgan fingerprint density at radius 1 is 1.19 bits per heavy atom. The van der Waals surface area contributed by atoms with Gasteiger partial charge in [-0.05, 0) is 55.6 Å². The van der Waals surface area contributed by atoms with Gasteiger partial charge in [0.1, 0.15) is 5.75 Å². The number of hydrogen-bond acceptors (Lipinski definition) is 6. The molecule has 4 rings (SSSR count). The number of aromatic nitrogens is 2. The summed E-state index contributed by atoms with van der Waals surface area (Å²) in [4.78, 5) is 19.7. The van der Waals surface area contributed by atoms with Gasteiger partial charge in [-0.1, -0.05) is 37.6 Å². The first-order valence-electron chi connectivity index (χ1n) is 11.0. The highest BCUT2D eigenvalue weighted by atomic mass is 16.5. The van der Waals surface area contributed by atoms with Crippen LogP contribution in [0.1, 0.15) is 66.7 Å². The standard InChI is InChI=1S/C24H30N4O3/c1-16(2)22-20-13-18(14-26-24(20)31-27-22)23(29)25-15-21(28-11-5-4-6-12-28)17-7-9-19(30-3)10-8-17/h7-10,13-14,16,21H,4-6,11-12,15H2,1-3H3,(H,25,29)/t21-/m0/s1. The molecule has 0 bridgehead atoms. The minimum Gasteiger partial charge on any atom is -0.497 e. The van der Waals surface area contributed by atoms with E-state index in [9.17, 15) is 4.79 Å². The Balaban J connectivity index is 1.52. The first-order valence-corrected chi connectivity index (χ1v) is 11.0. The number of carbonyl (C=O) groups excluding carboxylic acids is 1. The molecule has 1 fully saturated rings. The lowest BCUT2D eigenvalue weighted by molar-refractivity contribution is 0.0924. The number of carbonyl (C=O) groups is 1. The van der Waals surface area contributed by atoms with Crippen molar-refractivity contribution < 1.29 is 14.1 Å². The molecule has 0 saturated carbocycles. The summed E-state index contributed by atoms with van der Waals surface area (Å²) in [6, 6.07) is 10.1. The fourth-order valence-electron chi connectivity index (χ4n) is 4.20. The minimum atomic E-state index is -0.138. The molecular formula is C24H30N4O3. The number of fused-ring (bicyclic) bond motifs is 1. The Kier molecular flexibility index (Phi) is 6.51. The third kappa shape index (κ3) is 4.71. The van der Waals surface area contributed by atoms with Crippen LogP contribution in [0.3, 0.4) is 0 Å². The van der Waals surface area contributed by atoms with Gasteiger partial charge >= 0.3 is 0 Å². The summed E-state index contributed by atoms with van der Waals surface area (Å²) in [6.45, 7) is 6.70. The number of ether oxygens (including phenoxy) is 1. The maximum Gasteiger partial charge on any atom is 0.257 e. The first-order chi connectivity index (χ1) is 15.1. The largest absolute Gasteiger partial charge is 0.497 e. The zero-order valence-corrected chi connectivity index (χ0v) is 18.4. The number of rotatable bonds is 7. The third-order valence-electron chi connectivity index (χ3n) is 5.95. The number of amides is 1. The molecule has 0 radical (unpaired) electrons. The van der Waals surface area contributed by atoms with Crippen LogP contribution in [0.15, 0.2) is 41.1 Å². The molecule has 164 valence electrons. The van der Waals surface area contributed by atoms with Gasteiger partial charge in [0.25, 0.3) is 11.6 Å². The molecule has 3 heterocycles. The van der Waals surface area contributed by atoms with Gasteiger partial charge in [-0.25, -0.2) is 4.98 Å². The van der Waals surface area contributed by atoms with E-state index in [0.717, 1.165) is 29.9 Å². The van der Waals surface area contributed by atoms with Gasteiger partial charge < -0.3 is 14.6 Å². The Labute approximate surface area is 182 Å². The molecule has 1 aromatic carbocycles. The molecule has 1 amide bonds. The Bertz CT molecular complexity index is 1020. The van der Waals surface area contributed by atoms with Crippen molar-refractivity contribution in [3.05, 3.63) is 53.3 Å². The van der Waals surface area contributed by atoms with Crippen LogP contribution in [0.2, 0.25) is 0 Å². The molecule has 0 unspecified atom stereocenters. The number of pyridine rings is 1. The Hall–Kier alpha value is -2.93. The lowest BCUT2D eigenvalue weighted by atomic mass is 10.0. The van der Waals surface area contributed by atoms with E-state index in [1.54, 1.807) is 13.3 Å². The summed E-state index contributed by atoms with van der Waals surface area (Å²) in [5.74, 6) is 0.889. The average molecular weight is 423 g/mol. The van der Waals surface area contributed by atoms with Gasteiger partial charge in [0.15, 0.2) is 0 Å². The molecule has 0 aliphatic carbocycles. The van der Waals surface area contributed by atoms with Crippen molar-refractivity contribution in [1.29, 1.82) is 0 Å². The SMILES string of the molecule is COc1ccc([C@H](CNC(=O)c2cnc3onc(C(C)C)c3c2)N2CCCCC2)cc1. The van der Waals surface area contributed by atoms with E-state index in [-0.39, 0.29) is 17.9 Å². The number of piperidine rings is 1. The topological polar surface area (TPSA) is 80.5 Å².